The summed E-state index contributed by atoms with van der Waals surface area (Å²) in [6.45, 7) is 3.84. The molecule has 0 saturated carbocycles. The molecule has 76 valence electrons. The van der Waals surface area contributed by atoms with Crippen molar-refractivity contribution in [2.45, 2.75) is 0 Å². The zero-order chi connectivity index (χ0) is 10.8. The van der Waals surface area contributed by atoms with E-state index in [4.69, 9.17) is 5.73 Å². The van der Waals surface area contributed by atoms with Crippen LogP contribution in [-0.4, -0.2) is 5.96 Å². The smallest absolute Gasteiger partial charge is 0.198 e. The second-order valence-corrected chi connectivity index (χ2v) is 3.92. The fourth-order valence-corrected chi connectivity index (χ4v) is 1.75. The van der Waals surface area contributed by atoms with Gasteiger partial charge in [0.15, 0.2) is 5.96 Å². The summed E-state index contributed by atoms with van der Waals surface area (Å²) >= 11 is 3.44. The summed E-state index contributed by atoms with van der Waals surface area (Å²) in [5, 5.41) is 2.86. The van der Waals surface area contributed by atoms with Crippen LogP contribution in [-0.2, 0) is 0 Å². The average Bonchev–Trinajstić information content (AvgIpc) is 2.24. The molecule has 3 nitrogen and oxygen atoms in total. The Morgan fingerprint density at radius 2 is 1.93 bits per heavy atom. The first-order valence-corrected chi connectivity index (χ1v) is 5.23. The van der Waals surface area contributed by atoms with E-state index in [9.17, 15) is 0 Å². The van der Waals surface area contributed by atoms with Crippen molar-refractivity contribution in [3.05, 3.63) is 52.7 Å². The van der Waals surface area contributed by atoms with E-state index in [-0.39, 0.29) is 0 Å². The van der Waals surface area contributed by atoms with Crippen molar-refractivity contribution in [3.8, 4) is 0 Å². The molecule has 4 heteroatoms. The Kier molecular flexibility index (Phi) is 2.60. The largest absolute Gasteiger partial charge is 0.369 e. The van der Waals surface area contributed by atoms with E-state index in [1.165, 1.54) is 0 Å². The van der Waals surface area contributed by atoms with Crippen LogP contribution in [0.15, 0.2) is 52.1 Å². The lowest BCUT2D eigenvalue weighted by atomic mass is 10.1. The number of nitrogens with one attached hydrogen (secondary N) is 1. The van der Waals surface area contributed by atoms with Crippen LogP contribution >= 0.6 is 15.9 Å². The molecule has 1 aromatic carbocycles. The van der Waals surface area contributed by atoms with Crippen molar-refractivity contribution in [2.24, 2.45) is 10.7 Å². The lowest BCUT2D eigenvalue weighted by Crippen LogP contribution is -2.33. The molecule has 0 unspecified atom stereocenters. The Morgan fingerprint density at radius 3 is 2.60 bits per heavy atom. The van der Waals surface area contributed by atoms with Gasteiger partial charge in [-0.1, -0.05) is 36.9 Å². The Balaban J connectivity index is 2.53. The van der Waals surface area contributed by atoms with Crippen LogP contribution in [0, 0.1) is 0 Å². The summed E-state index contributed by atoms with van der Waals surface area (Å²) in [5.74, 6) is 0.363. The molecular weight excluding hydrogens is 254 g/mol. The Labute approximate surface area is 96.5 Å². The van der Waals surface area contributed by atoms with Crippen molar-refractivity contribution in [3.63, 3.8) is 0 Å². The Bertz CT molecular complexity index is 460. The third kappa shape index (κ3) is 1.94. The van der Waals surface area contributed by atoms with E-state index < -0.39 is 0 Å². The highest BCUT2D eigenvalue weighted by Gasteiger charge is 2.15. The number of aliphatic imine (C=N–C) groups is 1. The van der Waals surface area contributed by atoms with Gasteiger partial charge in [-0.15, -0.1) is 0 Å². The number of halogens is 1. The summed E-state index contributed by atoms with van der Waals surface area (Å²) in [5.41, 5.74) is 8.17. The lowest BCUT2D eigenvalue weighted by molar-refractivity contribution is 1.12. The van der Waals surface area contributed by atoms with Crippen molar-refractivity contribution in [2.75, 3.05) is 0 Å². The molecule has 0 aliphatic carbocycles. The molecule has 0 fully saturated rings. The predicted molar refractivity (Wildman–Crippen MR) is 66.2 cm³/mol. The molecule has 1 heterocycles. The topological polar surface area (TPSA) is 50.4 Å². The minimum Gasteiger partial charge on any atom is -0.369 e. The molecule has 2 rings (SSSR count). The van der Waals surface area contributed by atoms with E-state index >= 15 is 0 Å². The van der Waals surface area contributed by atoms with E-state index in [1.807, 2.05) is 30.3 Å². The van der Waals surface area contributed by atoms with Gasteiger partial charge in [-0.2, -0.15) is 0 Å². The summed E-state index contributed by atoms with van der Waals surface area (Å²) in [6.07, 6.45) is 0. The number of nitrogens with zero attached hydrogens (tertiary/aromatic N) is 1. The minimum absolute atomic E-state index is 0.363. The van der Waals surface area contributed by atoms with Gasteiger partial charge in [-0.25, -0.2) is 4.99 Å². The van der Waals surface area contributed by atoms with Crippen LogP contribution in [0.1, 0.15) is 5.56 Å². The third-order valence-electron chi connectivity index (χ3n) is 2.03. The quantitative estimate of drug-likeness (QED) is 0.816. The summed E-state index contributed by atoms with van der Waals surface area (Å²) < 4.78 is 0.836. The second kappa shape index (κ2) is 3.90. The SMILES string of the molecule is C=C1NC(N)=NC(c2ccccc2)=C1Br. The van der Waals surface area contributed by atoms with Crippen molar-refractivity contribution < 1.29 is 0 Å². The van der Waals surface area contributed by atoms with Gasteiger partial charge in [0, 0.05) is 5.56 Å². The number of hydrogen-bond donors (Lipinski definition) is 2. The molecule has 3 N–H and O–H groups in total. The fraction of sp³-hybridized carbons (Fsp3) is 0. The van der Waals surface area contributed by atoms with Crippen LogP contribution in [0.25, 0.3) is 5.70 Å². The molecule has 0 atom stereocenters. The zero-order valence-electron chi connectivity index (χ0n) is 8.00. The molecule has 0 bridgehead atoms. The third-order valence-corrected chi connectivity index (χ3v) is 2.89. The highest BCUT2D eigenvalue weighted by molar-refractivity contribution is 9.12. The number of hydrogen-bond acceptors (Lipinski definition) is 3. The molecule has 1 aromatic rings. The summed E-state index contributed by atoms with van der Waals surface area (Å²) in [6, 6.07) is 9.83. The van der Waals surface area contributed by atoms with Gasteiger partial charge in [-0.05, 0) is 15.9 Å². The van der Waals surface area contributed by atoms with E-state index in [0.717, 1.165) is 21.4 Å². The van der Waals surface area contributed by atoms with E-state index in [0.29, 0.717) is 5.96 Å². The average molecular weight is 264 g/mol. The highest BCUT2D eigenvalue weighted by Crippen LogP contribution is 2.29. The molecule has 0 saturated heterocycles. The standard InChI is InChI=1S/C11H10BrN3/c1-7-9(12)10(15-11(13)14-7)8-5-3-2-4-6-8/h2-6H,1H2,(H3,13,14,15). The number of guanidine groups is 1. The summed E-state index contributed by atoms with van der Waals surface area (Å²) in [7, 11) is 0. The zero-order valence-corrected chi connectivity index (χ0v) is 9.58. The number of rotatable bonds is 1. The van der Waals surface area contributed by atoms with Crippen molar-refractivity contribution in [1.82, 2.24) is 5.32 Å². The first kappa shape index (κ1) is 9.98. The van der Waals surface area contributed by atoms with Gasteiger partial charge in [0.1, 0.15) is 0 Å². The molecule has 0 radical (unpaired) electrons. The lowest BCUT2D eigenvalue weighted by Gasteiger charge is -2.17. The van der Waals surface area contributed by atoms with Gasteiger partial charge in [-0.3, -0.25) is 0 Å². The Morgan fingerprint density at radius 1 is 1.27 bits per heavy atom. The maximum Gasteiger partial charge on any atom is 0.198 e. The van der Waals surface area contributed by atoms with Crippen molar-refractivity contribution >= 4 is 27.6 Å². The molecule has 0 spiro atoms. The fourth-order valence-electron chi connectivity index (χ4n) is 1.34. The predicted octanol–water partition coefficient (Wildman–Crippen LogP) is 2.18. The van der Waals surface area contributed by atoms with Crippen LogP contribution in [0.3, 0.4) is 0 Å². The molecule has 15 heavy (non-hydrogen) atoms. The second-order valence-electron chi connectivity index (χ2n) is 3.13. The normalized spacial score (nSPS) is 16.1. The first-order chi connectivity index (χ1) is 7.18. The molecule has 1 aliphatic heterocycles. The van der Waals surface area contributed by atoms with Crippen LogP contribution < -0.4 is 11.1 Å². The Hall–Kier alpha value is -1.55. The van der Waals surface area contributed by atoms with E-state index in [1.54, 1.807) is 0 Å². The van der Waals surface area contributed by atoms with Crippen LogP contribution in [0.4, 0.5) is 0 Å². The van der Waals surface area contributed by atoms with Gasteiger partial charge >= 0.3 is 0 Å². The van der Waals surface area contributed by atoms with E-state index in [2.05, 4.69) is 32.8 Å². The number of nitrogens with two attached hydrogens (primary N) is 1. The number of benzene rings is 1. The van der Waals surface area contributed by atoms with Crippen LogP contribution in [0.2, 0.25) is 0 Å². The monoisotopic (exact) mass is 263 g/mol. The van der Waals surface area contributed by atoms with Crippen molar-refractivity contribution in [1.29, 1.82) is 0 Å². The van der Waals surface area contributed by atoms with Gasteiger partial charge in [0.25, 0.3) is 0 Å². The maximum absolute atomic E-state index is 5.64. The molecular formula is C11H10BrN3. The molecule has 1 aliphatic rings. The van der Waals surface area contributed by atoms with Gasteiger partial charge < -0.3 is 11.1 Å². The molecule has 0 amide bonds. The maximum atomic E-state index is 5.64. The highest BCUT2D eigenvalue weighted by atomic mass is 79.9. The first-order valence-electron chi connectivity index (χ1n) is 4.44. The van der Waals surface area contributed by atoms with Crippen LogP contribution in [0.5, 0.6) is 0 Å². The minimum atomic E-state index is 0.363. The van der Waals surface area contributed by atoms with Gasteiger partial charge in [0.05, 0.1) is 15.9 Å². The number of allylic oxidation sites excluding steroid dienone is 1. The molecule has 0 aromatic heterocycles. The summed E-state index contributed by atoms with van der Waals surface area (Å²) in [4.78, 5) is 4.24. The van der Waals surface area contributed by atoms with Gasteiger partial charge in [0.2, 0.25) is 0 Å².